The predicted octanol–water partition coefficient (Wildman–Crippen LogP) is -0.0965. The summed E-state index contributed by atoms with van der Waals surface area (Å²) in [5.74, 6) is -2.88. The van der Waals surface area contributed by atoms with Crippen LogP contribution in [0.2, 0.25) is 0 Å². The van der Waals surface area contributed by atoms with Crippen LogP contribution in [0.1, 0.15) is 34.6 Å². The number of hydrogen-bond donors (Lipinski definition) is 0. The molecule has 0 aromatic rings. The van der Waals surface area contributed by atoms with Crippen molar-refractivity contribution in [3.63, 3.8) is 0 Å². The summed E-state index contributed by atoms with van der Waals surface area (Å²) < 4.78 is 34.2. The third-order valence-electron chi connectivity index (χ3n) is 5.63. The van der Waals surface area contributed by atoms with Crippen molar-refractivity contribution in [3.05, 3.63) is 0 Å². The van der Waals surface area contributed by atoms with Crippen molar-refractivity contribution in [2.75, 3.05) is 13.2 Å². The summed E-state index contributed by atoms with van der Waals surface area (Å²) in [6.45, 7) is 7.73. The highest BCUT2D eigenvalue weighted by Gasteiger charge is 2.66. The molecule has 30 heavy (non-hydrogen) atoms. The van der Waals surface area contributed by atoms with Crippen LogP contribution in [0.4, 0.5) is 0 Å². The summed E-state index contributed by atoms with van der Waals surface area (Å²) in [6.07, 6.45) is -4.07. The van der Waals surface area contributed by atoms with E-state index in [1.54, 1.807) is 5.06 Å². The maximum Gasteiger partial charge on any atom is 0.303 e. The number of ether oxygens (including phenoxy) is 6. The van der Waals surface area contributed by atoms with Gasteiger partial charge in [0, 0.05) is 20.8 Å². The molecule has 4 saturated heterocycles. The lowest BCUT2D eigenvalue weighted by Crippen LogP contribution is -2.60. The van der Waals surface area contributed by atoms with Crippen molar-refractivity contribution in [2.24, 2.45) is 5.92 Å². The Morgan fingerprint density at radius 3 is 2.30 bits per heavy atom. The van der Waals surface area contributed by atoms with Crippen LogP contribution in [0.25, 0.3) is 0 Å². The van der Waals surface area contributed by atoms with Gasteiger partial charge in [-0.1, -0.05) is 0 Å². The first-order valence-electron chi connectivity index (χ1n) is 9.98. The van der Waals surface area contributed by atoms with Gasteiger partial charge >= 0.3 is 17.9 Å². The second-order valence-corrected chi connectivity index (χ2v) is 8.41. The molecule has 0 saturated carbocycles. The fraction of sp³-hybridized carbons (Fsp3) is 0.842. The molecule has 11 heteroatoms. The Morgan fingerprint density at radius 2 is 1.67 bits per heavy atom. The van der Waals surface area contributed by atoms with Crippen LogP contribution in [0.3, 0.4) is 0 Å². The van der Waals surface area contributed by atoms with Gasteiger partial charge in [0.25, 0.3) is 0 Å². The number of fused-ring (bicyclic) bond motifs is 5. The van der Waals surface area contributed by atoms with Gasteiger partial charge < -0.3 is 28.4 Å². The van der Waals surface area contributed by atoms with Crippen LogP contribution < -0.4 is 0 Å². The largest absolute Gasteiger partial charge is 0.463 e. The normalized spacial score (nSPS) is 41.5. The minimum absolute atomic E-state index is 0.180. The fourth-order valence-corrected chi connectivity index (χ4v) is 4.80. The summed E-state index contributed by atoms with van der Waals surface area (Å²) >= 11 is 0. The summed E-state index contributed by atoms with van der Waals surface area (Å²) in [5, 5.41) is 1.72. The van der Waals surface area contributed by atoms with Crippen molar-refractivity contribution in [1.29, 1.82) is 0 Å². The van der Waals surface area contributed by atoms with Gasteiger partial charge in [-0.3, -0.25) is 19.2 Å². The first kappa shape index (κ1) is 21.4. The molecule has 4 fully saturated rings. The van der Waals surface area contributed by atoms with E-state index in [0.717, 1.165) is 0 Å². The molecule has 4 aliphatic heterocycles. The van der Waals surface area contributed by atoms with E-state index < -0.39 is 54.2 Å². The second-order valence-electron chi connectivity index (χ2n) is 8.41. The van der Waals surface area contributed by atoms with Gasteiger partial charge in [0.05, 0.1) is 18.5 Å². The summed E-state index contributed by atoms with van der Waals surface area (Å²) in [6, 6.07) is -0.334. The van der Waals surface area contributed by atoms with Gasteiger partial charge in [0.15, 0.2) is 24.3 Å². The third kappa shape index (κ3) is 3.92. The predicted molar refractivity (Wildman–Crippen MR) is 95.3 cm³/mol. The van der Waals surface area contributed by atoms with E-state index in [9.17, 15) is 14.4 Å². The van der Waals surface area contributed by atoms with E-state index in [1.807, 2.05) is 13.8 Å². The molecular formula is C19H27NO10. The number of hydroxylamine groups is 2. The minimum Gasteiger partial charge on any atom is -0.463 e. The first-order chi connectivity index (χ1) is 14.1. The molecule has 0 aromatic carbocycles. The minimum atomic E-state index is -0.982. The summed E-state index contributed by atoms with van der Waals surface area (Å²) in [4.78, 5) is 41.0. The molecular weight excluding hydrogens is 402 g/mol. The van der Waals surface area contributed by atoms with Crippen molar-refractivity contribution >= 4 is 17.9 Å². The number of carbonyl (C=O) groups is 3. The maximum atomic E-state index is 11.9. The van der Waals surface area contributed by atoms with Crippen LogP contribution in [-0.4, -0.2) is 84.8 Å². The molecule has 0 aliphatic carbocycles. The van der Waals surface area contributed by atoms with E-state index >= 15 is 0 Å². The lowest BCUT2D eigenvalue weighted by molar-refractivity contribution is -0.304. The topological polar surface area (TPSA) is 119 Å². The average Bonchev–Trinajstić information content (AvgIpc) is 3.19. The zero-order valence-corrected chi connectivity index (χ0v) is 17.6. The average molecular weight is 429 g/mol. The van der Waals surface area contributed by atoms with Crippen LogP contribution in [0.5, 0.6) is 0 Å². The highest BCUT2D eigenvalue weighted by atomic mass is 16.8. The molecule has 11 nitrogen and oxygen atoms in total. The number of esters is 3. The van der Waals surface area contributed by atoms with E-state index in [2.05, 4.69) is 0 Å². The third-order valence-corrected chi connectivity index (χ3v) is 5.63. The van der Waals surface area contributed by atoms with Crippen LogP contribution >= 0.6 is 0 Å². The zero-order chi connectivity index (χ0) is 21.8. The van der Waals surface area contributed by atoms with E-state index in [1.165, 1.54) is 20.8 Å². The van der Waals surface area contributed by atoms with Crippen molar-refractivity contribution < 1.29 is 47.6 Å². The van der Waals surface area contributed by atoms with E-state index in [-0.39, 0.29) is 24.9 Å². The first-order valence-corrected chi connectivity index (χ1v) is 9.98. The van der Waals surface area contributed by atoms with E-state index in [4.69, 9.17) is 33.3 Å². The van der Waals surface area contributed by atoms with Gasteiger partial charge in [-0.05, 0) is 13.8 Å². The maximum absolute atomic E-state index is 11.9. The standard InChI is InChI=1S/C19H27NO10/c1-8(21)24-7-12-16(25-9(2)22)17(26-10(3)23)13-14-15-11(28-19(4,5)29-15)6-20(14)30-18(13)27-12/h11-18H,6-7H2,1-5H3/t11?,12?,13?,14-,15?,16-,17?,18-/m1/s1. The quantitative estimate of drug-likeness (QED) is 0.440. The van der Waals surface area contributed by atoms with Crippen LogP contribution in [-0.2, 0) is 47.6 Å². The Labute approximate surface area is 173 Å². The molecule has 168 valence electrons. The summed E-state index contributed by atoms with van der Waals surface area (Å²) in [7, 11) is 0. The number of nitrogens with zero attached hydrogens (tertiary/aromatic N) is 1. The molecule has 8 atom stereocenters. The van der Waals surface area contributed by atoms with Gasteiger partial charge in [-0.2, -0.15) is 5.06 Å². The fourth-order valence-electron chi connectivity index (χ4n) is 4.80. The Kier molecular flexibility index (Phi) is 5.52. The van der Waals surface area contributed by atoms with Crippen LogP contribution in [0.15, 0.2) is 0 Å². The lowest BCUT2D eigenvalue weighted by Gasteiger charge is -2.43. The molecule has 4 heterocycles. The summed E-state index contributed by atoms with van der Waals surface area (Å²) in [5.41, 5.74) is 0. The molecule has 0 radical (unpaired) electrons. The molecule has 0 N–H and O–H groups in total. The molecule has 0 aromatic heterocycles. The highest BCUT2D eigenvalue weighted by molar-refractivity contribution is 5.67. The SMILES string of the molecule is CC(=O)OCC1O[C@@H]2ON3CC4OC(C)(C)OC4[C@H]3C2C(OC(C)=O)[C@@H]1OC(C)=O. The molecule has 5 unspecified atom stereocenters. The Bertz CT molecular complexity index is 726. The number of carbonyl (C=O) groups excluding carboxylic acids is 3. The Morgan fingerprint density at radius 1 is 1.00 bits per heavy atom. The molecule has 0 spiro atoms. The molecule has 0 bridgehead atoms. The van der Waals surface area contributed by atoms with Crippen molar-refractivity contribution in [2.45, 2.75) is 83.3 Å². The lowest BCUT2D eigenvalue weighted by atomic mass is 9.83. The highest BCUT2D eigenvalue weighted by Crippen LogP contribution is 2.48. The van der Waals surface area contributed by atoms with E-state index in [0.29, 0.717) is 6.54 Å². The van der Waals surface area contributed by atoms with Crippen molar-refractivity contribution in [3.8, 4) is 0 Å². The Balaban J connectivity index is 1.64. The van der Waals surface area contributed by atoms with Crippen molar-refractivity contribution in [1.82, 2.24) is 5.06 Å². The van der Waals surface area contributed by atoms with Gasteiger partial charge in [-0.15, -0.1) is 0 Å². The van der Waals surface area contributed by atoms with Gasteiger partial charge in [-0.25, -0.2) is 0 Å². The number of rotatable bonds is 4. The molecule has 0 amide bonds. The zero-order valence-electron chi connectivity index (χ0n) is 17.6. The smallest absolute Gasteiger partial charge is 0.303 e. The monoisotopic (exact) mass is 429 g/mol. The Hall–Kier alpha value is -1.79. The number of hydrogen-bond acceptors (Lipinski definition) is 11. The molecule has 4 aliphatic rings. The molecule has 4 rings (SSSR count). The second kappa shape index (κ2) is 7.72. The van der Waals surface area contributed by atoms with Gasteiger partial charge in [0.1, 0.15) is 24.9 Å². The van der Waals surface area contributed by atoms with Gasteiger partial charge in [0.2, 0.25) is 0 Å². The van der Waals surface area contributed by atoms with Crippen LogP contribution in [0, 0.1) is 5.92 Å².